The number of halogens is 1. The topological polar surface area (TPSA) is 79.0 Å². The van der Waals surface area contributed by atoms with E-state index in [9.17, 15) is 13.2 Å². The molecule has 0 fully saturated rings. The molecule has 0 bridgehead atoms. The largest absolute Gasteiger partial charge is 0.358 e. The normalized spacial score (nSPS) is 14.4. The molecule has 0 unspecified atom stereocenters. The lowest BCUT2D eigenvalue weighted by atomic mass is 9.94. The van der Waals surface area contributed by atoms with Crippen LogP contribution in [0.5, 0.6) is 0 Å². The average Bonchev–Trinajstić information content (AvgIpc) is 2.96. The molecule has 1 heterocycles. The van der Waals surface area contributed by atoms with E-state index in [4.69, 9.17) is 11.6 Å². The number of ketones is 1. The van der Waals surface area contributed by atoms with Crippen molar-refractivity contribution in [3.63, 3.8) is 0 Å². The Kier molecular flexibility index (Phi) is 4.28. The van der Waals surface area contributed by atoms with Crippen molar-refractivity contribution in [1.29, 1.82) is 0 Å². The Morgan fingerprint density at radius 2 is 1.85 bits per heavy atom. The lowest BCUT2D eigenvalue weighted by Crippen LogP contribution is -2.15. The van der Waals surface area contributed by atoms with Crippen LogP contribution in [0, 0.1) is 13.8 Å². The number of aryl methyl sites for hydroxylation is 3. The monoisotopic (exact) mass is 402 g/mol. The maximum absolute atomic E-state index is 13.0. The second kappa shape index (κ2) is 6.39. The van der Waals surface area contributed by atoms with Crippen molar-refractivity contribution < 1.29 is 13.2 Å². The van der Waals surface area contributed by atoms with Crippen molar-refractivity contribution in [1.82, 2.24) is 4.98 Å². The summed E-state index contributed by atoms with van der Waals surface area (Å²) in [4.78, 5) is 15.7. The van der Waals surface area contributed by atoms with E-state index in [1.54, 1.807) is 37.3 Å². The first-order chi connectivity index (χ1) is 12.8. The molecule has 0 spiro atoms. The minimum atomic E-state index is -3.80. The van der Waals surface area contributed by atoms with Crippen LogP contribution in [0.3, 0.4) is 0 Å². The fourth-order valence-corrected chi connectivity index (χ4v) is 5.18. The van der Waals surface area contributed by atoms with Gasteiger partial charge in [-0.3, -0.25) is 9.52 Å². The number of hydrogen-bond donors (Lipinski definition) is 2. The van der Waals surface area contributed by atoms with Crippen molar-refractivity contribution in [2.75, 3.05) is 4.72 Å². The van der Waals surface area contributed by atoms with Gasteiger partial charge in [0.15, 0.2) is 5.78 Å². The van der Waals surface area contributed by atoms with Crippen LogP contribution in [0.15, 0.2) is 35.2 Å². The average molecular weight is 403 g/mol. The van der Waals surface area contributed by atoms with Gasteiger partial charge < -0.3 is 4.98 Å². The second-order valence-corrected chi connectivity index (χ2v) is 9.07. The molecule has 0 saturated heterocycles. The number of anilines is 1. The Labute approximate surface area is 162 Å². The molecule has 5 nitrogen and oxygen atoms in total. The van der Waals surface area contributed by atoms with E-state index in [1.807, 2.05) is 6.92 Å². The van der Waals surface area contributed by atoms with Gasteiger partial charge >= 0.3 is 0 Å². The molecule has 140 valence electrons. The van der Waals surface area contributed by atoms with Crippen molar-refractivity contribution >= 4 is 44.0 Å². The summed E-state index contributed by atoms with van der Waals surface area (Å²) in [6.07, 6.45) is 2.16. The fourth-order valence-electron chi connectivity index (χ4n) is 3.64. The van der Waals surface area contributed by atoms with E-state index in [0.717, 1.165) is 29.5 Å². The maximum Gasteiger partial charge on any atom is 0.262 e. The number of carbonyl (C=O) groups excluding carboxylic acids is 1. The zero-order valence-corrected chi connectivity index (χ0v) is 16.6. The standard InChI is InChI=1S/C20H19ClN2O3S/c1-11-6-7-13(21)9-16(11)23-27(25,26)19-10-17-14(8-12(19)2)20-15(22-17)4-3-5-18(20)24/h6-10,22-23H,3-5H2,1-2H3. The summed E-state index contributed by atoms with van der Waals surface area (Å²) in [6, 6.07) is 8.47. The van der Waals surface area contributed by atoms with Gasteiger partial charge in [0.25, 0.3) is 10.0 Å². The molecular formula is C20H19ClN2O3S. The number of carbonyl (C=O) groups is 1. The molecule has 7 heteroatoms. The number of aromatic amines is 1. The van der Waals surface area contributed by atoms with Gasteiger partial charge in [0.05, 0.1) is 10.6 Å². The Bertz CT molecular complexity index is 1200. The first kappa shape index (κ1) is 18.1. The number of sulfonamides is 1. The van der Waals surface area contributed by atoms with Crippen LogP contribution in [0.1, 0.15) is 40.0 Å². The number of benzene rings is 2. The van der Waals surface area contributed by atoms with E-state index in [1.165, 1.54) is 0 Å². The van der Waals surface area contributed by atoms with Crippen LogP contribution >= 0.6 is 11.6 Å². The summed E-state index contributed by atoms with van der Waals surface area (Å²) in [7, 11) is -3.80. The predicted molar refractivity (Wildman–Crippen MR) is 107 cm³/mol. The van der Waals surface area contributed by atoms with Crippen molar-refractivity contribution in [2.45, 2.75) is 38.0 Å². The number of hydrogen-bond acceptors (Lipinski definition) is 3. The summed E-state index contributed by atoms with van der Waals surface area (Å²) >= 11 is 6.00. The lowest BCUT2D eigenvalue weighted by Gasteiger charge is -2.13. The molecule has 4 rings (SSSR count). The molecular weight excluding hydrogens is 384 g/mol. The molecule has 0 atom stereocenters. The molecule has 1 aliphatic carbocycles. The van der Waals surface area contributed by atoms with Crippen LogP contribution in [-0.4, -0.2) is 19.2 Å². The van der Waals surface area contributed by atoms with Gasteiger partial charge in [-0.2, -0.15) is 0 Å². The quantitative estimate of drug-likeness (QED) is 0.663. The highest BCUT2D eigenvalue weighted by molar-refractivity contribution is 7.92. The SMILES string of the molecule is Cc1ccc(Cl)cc1NS(=O)(=O)c1cc2[nH]c3c(c2cc1C)C(=O)CCC3. The molecule has 0 saturated carbocycles. The Morgan fingerprint density at radius 1 is 1.07 bits per heavy atom. The summed E-state index contributed by atoms with van der Waals surface area (Å²) in [5.41, 5.74) is 4.10. The molecule has 0 radical (unpaired) electrons. The van der Waals surface area contributed by atoms with E-state index < -0.39 is 10.0 Å². The first-order valence-electron chi connectivity index (χ1n) is 8.73. The minimum Gasteiger partial charge on any atom is -0.358 e. The highest BCUT2D eigenvalue weighted by Gasteiger charge is 2.25. The lowest BCUT2D eigenvalue weighted by molar-refractivity contribution is 0.0974. The van der Waals surface area contributed by atoms with Crippen LogP contribution in [-0.2, 0) is 16.4 Å². The highest BCUT2D eigenvalue weighted by Crippen LogP contribution is 2.33. The van der Waals surface area contributed by atoms with Crippen molar-refractivity contribution in [2.24, 2.45) is 0 Å². The summed E-state index contributed by atoms with van der Waals surface area (Å²) in [6.45, 7) is 3.56. The fraction of sp³-hybridized carbons (Fsp3) is 0.250. The van der Waals surface area contributed by atoms with Gasteiger partial charge in [0.1, 0.15) is 0 Å². The number of rotatable bonds is 3. The molecule has 1 aromatic heterocycles. The van der Waals surface area contributed by atoms with Gasteiger partial charge in [-0.15, -0.1) is 0 Å². The Morgan fingerprint density at radius 3 is 2.63 bits per heavy atom. The van der Waals surface area contributed by atoms with Gasteiger partial charge in [-0.1, -0.05) is 17.7 Å². The first-order valence-corrected chi connectivity index (χ1v) is 10.6. The van der Waals surface area contributed by atoms with Gasteiger partial charge in [-0.25, -0.2) is 8.42 Å². The zero-order chi connectivity index (χ0) is 19.3. The summed E-state index contributed by atoms with van der Waals surface area (Å²) < 4.78 is 28.6. The predicted octanol–water partition coefficient (Wildman–Crippen LogP) is 4.76. The number of H-pyrrole nitrogens is 1. The summed E-state index contributed by atoms with van der Waals surface area (Å²) in [5.74, 6) is 0.116. The number of Topliss-reactive ketones (excluding diaryl/α,β-unsaturated/α-hetero) is 1. The van der Waals surface area contributed by atoms with E-state index in [2.05, 4.69) is 9.71 Å². The van der Waals surface area contributed by atoms with Crippen LogP contribution in [0.25, 0.3) is 10.9 Å². The number of aromatic nitrogens is 1. The van der Waals surface area contributed by atoms with Gasteiger partial charge in [0.2, 0.25) is 0 Å². The van der Waals surface area contributed by atoms with Crippen molar-refractivity contribution in [3.05, 3.63) is 57.7 Å². The molecule has 0 aliphatic heterocycles. The number of fused-ring (bicyclic) bond motifs is 3. The molecule has 3 aromatic rings. The minimum absolute atomic E-state index is 0.116. The second-order valence-electron chi connectivity index (χ2n) is 6.98. The van der Waals surface area contributed by atoms with E-state index in [-0.39, 0.29) is 10.7 Å². The molecule has 27 heavy (non-hydrogen) atoms. The van der Waals surface area contributed by atoms with Gasteiger partial charge in [0, 0.05) is 33.6 Å². The molecule has 1 aliphatic rings. The zero-order valence-electron chi connectivity index (χ0n) is 15.0. The van der Waals surface area contributed by atoms with Gasteiger partial charge in [-0.05, 0) is 62.1 Å². The highest BCUT2D eigenvalue weighted by atomic mass is 35.5. The smallest absolute Gasteiger partial charge is 0.262 e. The van der Waals surface area contributed by atoms with Crippen LogP contribution in [0.4, 0.5) is 5.69 Å². The van der Waals surface area contributed by atoms with Crippen LogP contribution < -0.4 is 4.72 Å². The molecule has 2 N–H and O–H groups in total. The third kappa shape index (κ3) is 3.13. The van der Waals surface area contributed by atoms with E-state index >= 15 is 0 Å². The van der Waals surface area contributed by atoms with Crippen molar-refractivity contribution in [3.8, 4) is 0 Å². The Hall–Kier alpha value is -2.31. The maximum atomic E-state index is 13.0. The summed E-state index contributed by atoms with van der Waals surface area (Å²) in [5, 5.41) is 1.26. The third-order valence-corrected chi connectivity index (χ3v) is 6.76. The van der Waals surface area contributed by atoms with E-state index in [0.29, 0.717) is 33.8 Å². The molecule has 2 aromatic carbocycles. The third-order valence-electron chi connectivity index (χ3n) is 5.01. The molecule has 0 amide bonds. The number of nitrogens with one attached hydrogen (secondary N) is 2. The Balaban J connectivity index is 1.82. The van der Waals surface area contributed by atoms with Crippen LogP contribution in [0.2, 0.25) is 5.02 Å².